The van der Waals surface area contributed by atoms with Crippen LogP contribution in [0.15, 0.2) is 33.4 Å². The van der Waals surface area contributed by atoms with E-state index < -0.39 is 0 Å². The van der Waals surface area contributed by atoms with Crippen LogP contribution >= 0.6 is 38.6 Å². The molecule has 2 aromatic rings. The minimum atomic E-state index is -0.370. The lowest BCUT2D eigenvalue weighted by Gasteiger charge is -2.05. The summed E-state index contributed by atoms with van der Waals surface area (Å²) in [4.78, 5) is 2.24. The van der Waals surface area contributed by atoms with Crippen molar-refractivity contribution in [3.05, 3.63) is 43.2 Å². The maximum absolute atomic E-state index is 9.90. The van der Waals surface area contributed by atoms with Gasteiger partial charge in [0.15, 0.2) is 0 Å². The van der Waals surface area contributed by atoms with Crippen molar-refractivity contribution in [3.63, 3.8) is 0 Å². The van der Waals surface area contributed by atoms with Crippen molar-refractivity contribution in [2.45, 2.75) is 12.5 Å². The summed E-state index contributed by atoms with van der Waals surface area (Å²) in [6, 6.07) is 8.00. The number of aliphatic hydroxyl groups is 1. The summed E-state index contributed by atoms with van der Waals surface area (Å²) in [6.07, 6.45) is 0.342. The Kier molecular flexibility index (Phi) is 3.38. The number of aliphatic hydroxyl groups excluding tert-OH is 1. The molecule has 14 heavy (non-hydrogen) atoms. The number of rotatable bonds is 3. The quantitative estimate of drug-likeness (QED) is 0.910. The molecule has 0 radical (unpaired) electrons. The Hall–Kier alpha value is -0.160. The molecule has 1 N–H and O–H groups in total. The summed E-state index contributed by atoms with van der Waals surface area (Å²) >= 11 is 6.66. The van der Waals surface area contributed by atoms with Crippen molar-refractivity contribution in [2.24, 2.45) is 0 Å². The zero-order chi connectivity index (χ0) is 9.97. The van der Waals surface area contributed by atoms with Gasteiger partial charge >= 0.3 is 0 Å². The summed E-state index contributed by atoms with van der Waals surface area (Å²) in [5.41, 5.74) is 0. The smallest absolute Gasteiger partial charge is 0.0930 e. The Morgan fingerprint density at radius 2 is 2.21 bits per heavy atom. The Morgan fingerprint density at radius 1 is 1.36 bits per heavy atom. The molecular formula is C10H9BrOS2. The van der Waals surface area contributed by atoms with Crippen molar-refractivity contribution >= 4 is 38.6 Å². The second-order valence-electron chi connectivity index (χ2n) is 2.94. The van der Waals surface area contributed by atoms with Gasteiger partial charge in [-0.25, -0.2) is 0 Å². The van der Waals surface area contributed by atoms with Crippen LogP contribution in [0.25, 0.3) is 0 Å². The van der Waals surface area contributed by atoms with Crippen LogP contribution < -0.4 is 0 Å². The lowest BCUT2D eigenvalue weighted by Crippen LogP contribution is -1.97. The van der Waals surface area contributed by atoms with Gasteiger partial charge in [-0.3, -0.25) is 0 Å². The molecule has 0 aliphatic heterocycles. The SMILES string of the molecule is OC(Cc1cccs1)c1ccc(Br)s1. The first-order valence-corrected chi connectivity index (χ1v) is 6.70. The van der Waals surface area contributed by atoms with Crippen molar-refractivity contribution < 1.29 is 5.11 Å². The molecule has 0 bridgehead atoms. The van der Waals surface area contributed by atoms with E-state index in [4.69, 9.17) is 0 Å². The van der Waals surface area contributed by atoms with Gasteiger partial charge in [0.1, 0.15) is 0 Å². The van der Waals surface area contributed by atoms with Crippen LogP contribution in [0.2, 0.25) is 0 Å². The van der Waals surface area contributed by atoms with Crippen LogP contribution in [0.5, 0.6) is 0 Å². The summed E-state index contributed by atoms with van der Waals surface area (Å²) < 4.78 is 1.07. The molecule has 0 fully saturated rings. The Morgan fingerprint density at radius 3 is 2.79 bits per heavy atom. The van der Waals surface area contributed by atoms with E-state index in [9.17, 15) is 5.11 Å². The molecule has 74 valence electrons. The van der Waals surface area contributed by atoms with E-state index in [1.807, 2.05) is 23.6 Å². The van der Waals surface area contributed by atoms with Crippen LogP contribution in [0.3, 0.4) is 0 Å². The maximum atomic E-state index is 9.90. The molecule has 0 aliphatic carbocycles. The average molecular weight is 289 g/mol. The van der Waals surface area contributed by atoms with Crippen molar-refractivity contribution in [1.82, 2.24) is 0 Å². The highest BCUT2D eigenvalue weighted by Crippen LogP contribution is 2.29. The van der Waals surface area contributed by atoms with Gasteiger partial charge in [0.05, 0.1) is 9.89 Å². The highest BCUT2D eigenvalue weighted by atomic mass is 79.9. The molecule has 0 spiro atoms. The van der Waals surface area contributed by atoms with E-state index in [2.05, 4.69) is 22.0 Å². The van der Waals surface area contributed by atoms with E-state index in [1.54, 1.807) is 22.7 Å². The molecule has 0 aliphatic rings. The predicted molar refractivity (Wildman–Crippen MR) is 65.0 cm³/mol. The second kappa shape index (κ2) is 4.57. The van der Waals surface area contributed by atoms with E-state index in [0.717, 1.165) is 8.66 Å². The minimum absolute atomic E-state index is 0.370. The molecule has 2 aromatic heterocycles. The molecule has 0 aromatic carbocycles. The first-order valence-electron chi connectivity index (χ1n) is 4.21. The van der Waals surface area contributed by atoms with Gasteiger partial charge in [0.25, 0.3) is 0 Å². The third-order valence-electron chi connectivity index (χ3n) is 1.90. The van der Waals surface area contributed by atoms with Gasteiger partial charge < -0.3 is 5.11 Å². The molecule has 0 amide bonds. The fourth-order valence-corrected chi connectivity index (χ4v) is 3.38. The Bertz CT molecular complexity index is 394. The van der Waals surface area contributed by atoms with Gasteiger partial charge in [-0.15, -0.1) is 22.7 Å². The van der Waals surface area contributed by atoms with Crippen LogP contribution in [0.4, 0.5) is 0 Å². The van der Waals surface area contributed by atoms with Crippen LogP contribution in [-0.2, 0) is 6.42 Å². The van der Waals surface area contributed by atoms with Gasteiger partial charge in [0.2, 0.25) is 0 Å². The molecule has 2 rings (SSSR count). The molecular weight excluding hydrogens is 280 g/mol. The normalized spacial score (nSPS) is 13.0. The molecule has 0 saturated carbocycles. The molecule has 0 saturated heterocycles. The lowest BCUT2D eigenvalue weighted by molar-refractivity contribution is 0.183. The lowest BCUT2D eigenvalue weighted by atomic mass is 10.2. The number of hydrogen-bond donors (Lipinski definition) is 1. The van der Waals surface area contributed by atoms with Crippen molar-refractivity contribution in [3.8, 4) is 0 Å². The topological polar surface area (TPSA) is 20.2 Å². The molecule has 2 heterocycles. The summed E-state index contributed by atoms with van der Waals surface area (Å²) in [5, 5.41) is 11.9. The summed E-state index contributed by atoms with van der Waals surface area (Å²) in [7, 11) is 0. The summed E-state index contributed by atoms with van der Waals surface area (Å²) in [6.45, 7) is 0. The fourth-order valence-electron chi connectivity index (χ4n) is 1.23. The highest BCUT2D eigenvalue weighted by molar-refractivity contribution is 9.11. The molecule has 4 heteroatoms. The molecule has 1 atom stereocenters. The second-order valence-corrected chi connectivity index (χ2v) is 6.47. The largest absolute Gasteiger partial charge is 0.387 e. The Labute approximate surface area is 99.2 Å². The summed E-state index contributed by atoms with van der Waals surface area (Å²) in [5.74, 6) is 0. The zero-order valence-electron chi connectivity index (χ0n) is 7.31. The van der Waals surface area contributed by atoms with Gasteiger partial charge in [-0.1, -0.05) is 6.07 Å². The van der Waals surface area contributed by atoms with E-state index >= 15 is 0 Å². The van der Waals surface area contributed by atoms with E-state index in [1.165, 1.54) is 4.88 Å². The Balaban J connectivity index is 2.06. The first-order chi connectivity index (χ1) is 6.75. The van der Waals surface area contributed by atoms with Gasteiger partial charge in [-0.2, -0.15) is 0 Å². The van der Waals surface area contributed by atoms with Crippen LogP contribution in [0.1, 0.15) is 15.9 Å². The third kappa shape index (κ3) is 2.45. The predicted octanol–water partition coefficient (Wildman–Crippen LogP) is 3.85. The standard InChI is InChI=1S/C10H9BrOS2/c11-10-4-3-9(14-10)8(12)6-7-2-1-5-13-7/h1-5,8,12H,6H2. The van der Waals surface area contributed by atoms with Crippen molar-refractivity contribution in [1.29, 1.82) is 0 Å². The first kappa shape index (κ1) is 10.4. The number of halogens is 1. The third-order valence-corrected chi connectivity index (χ3v) is 4.52. The fraction of sp³-hybridized carbons (Fsp3) is 0.200. The maximum Gasteiger partial charge on any atom is 0.0930 e. The number of thiophene rings is 2. The highest BCUT2D eigenvalue weighted by Gasteiger charge is 2.11. The monoisotopic (exact) mass is 288 g/mol. The van der Waals surface area contributed by atoms with Crippen molar-refractivity contribution in [2.75, 3.05) is 0 Å². The van der Waals surface area contributed by atoms with Gasteiger partial charge in [0, 0.05) is 16.2 Å². The number of hydrogen-bond acceptors (Lipinski definition) is 3. The van der Waals surface area contributed by atoms with E-state index in [-0.39, 0.29) is 6.10 Å². The molecule has 1 nitrogen and oxygen atoms in total. The minimum Gasteiger partial charge on any atom is -0.387 e. The average Bonchev–Trinajstić information content (AvgIpc) is 2.75. The van der Waals surface area contributed by atoms with Crippen LogP contribution in [-0.4, -0.2) is 5.11 Å². The molecule has 1 unspecified atom stereocenters. The van der Waals surface area contributed by atoms with Gasteiger partial charge in [-0.05, 0) is 39.5 Å². The van der Waals surface area contributed by atoms with Crippen LogP contribution in [0, 0.1) is 0 Å². The zero-order valence-corrected chi connectivity index (χ0v) is 10.5. The van der Waals surface area contributed by atoms with E-state index in [0.29, 0.717) is 6.42 Å².